The van der Waals surface area contributed by atoms with Crippen LogP contribution in [0.25, 0.3) is 60.2 Å². The van der Waals surface area contributed by atoms with Gasteiger partial charge in [-0.05, 0) is 93.5 Å². The van der Waals surface area contributed by atoms with Crippen LogP contribution in [0.1, 0.15) is 23.3 Å². The monoisotopic (exact) mass is 705 g/mol. The van der Waals surface area contributed by atoms with Gasteiger partial charge in [-0.2, -0.15) is 0 Å². The zero-order valence-corrected chi connectivity index (χ0v) is 29.9. The van der Waals surface area contributed by atoms with Crippen LogP contribution in [0, 0.1) is 0 Å². The molecule has 55 heavy (non-hydrogen) atoms. The van der Waals surface area contributed by atoms with E-state index in [0.717, 1.165) is 17.0 Å². The Morgan fingerprint density at radius 3 is 2.18 bits per heavy atom. The largest absolute Gasteiger partial charge is 0.464 e. The summed E-state index contributed by atoms with van der Waals surface area (Å²) < 4.78 is 8.80. The Hall–Kier alpha value is -7.04. The average Bonchev–Trinajstić information content (AvgIpc) is 3.94. The minimum atomic E-state index is -0.206. The fraction of sp³-hybridized carbons (Fsp3) is 0.0588. The van der Waals surface area contributed by atoms with Crippen molar-refractivity contribution in [1.82, 2.24) is 4.57 Å². The summed E-state index contributed by atoms with van der Waals surface area (Å²) >= 11 is 0. The molecule has 12 rings (SSSR count). The van der Waals surface area contributed by atoms with E-state index in [4.69, 9.17) is 4.74 Å². The average molecular weight is 706 g/mol. The number of nitrogens with zero attached hydrogens (tertiary/aromatic N) is 2. The molecule has 0 saturated heterocycles. The zero-order valence-electron chi connectivity index (χ0n) is 29.9. The predicted molar refractivity (Wildman–Crippen MR) is 228 cm³/mol. The number of para-hydroxylation sites is 2. The highest BCUT2D eigenvalue weighted by molar-refractivity contribution is 6.16. The van der Waals surface area contributed by atoms with Crippen LogP contribution >= 0.6 is 0 Å². The van der Waals surface area contributed by atoms with Gasteiger partial charge in [0.2, 0.25) is 0 Å². The molecule has 1 N–H and O–H groups in total. The number of rotatable bonds is 4. The first kappa shape index (κ1) is 30.4. The first-order valence-corrected chi connectivity index (χ1v) is 19.1. The van der Waals surface area contributed by atoms with Crippen LogP contribution in [0.15, 0.2) is 188 Å². The minimum Gasteiger partial charge on any atom is -0.464 e. The maximum Gasteiger partial charge on any atom is 0.196 e. The molecule has 3 atom stereocenters. The molecule has 2 aliphatic heterocycles. The van der Waals surface area contributed by atoms with E-state index in [0.29, 0.717) is 0 Å². The maximum atomic E-state index is 6.42. The Balaban J connectivity index is 0.946. The van der Waals surface area contributed by atoms with Crippen molar-refractivity contribution in [3.05, 3.63) is 199 Å². The van der Waals surface area contributed by atoms with Crippen molar-refractivity contribution < 1.29 is 4.74 Å². The van der Waals surface area contributed by atoms with Crippen molar-refractivity contribution in [2.24, 2.45) is 0 Å². The van der Waals surface area contributed by atoms with Crippen LogP contribution in [0.5, 0.6) is 5.75 Å². The van der Waals surface area contributed by atoms with Crippen LogP contribution in [0.3, 0.4) is 0 Å². The van der Waals surface area contributed by atoms with Crippen LogP contribution < -0.4 is 15.0 Å². The lowest BCUT2D eigenvalue weighted by Crippen LogP contribution is -2.28. The third-order valence-corrected chi connectivity index (χ3v) is 11.9. The van der Waals surface area contributed by atoms with Gasteiger partial charge in [0.15, 0.2) is 6.23 Å². The molecule has 9 aromatic rings. The van der Waals surface area contributed by atoms with Crippen molar-refractivity contribution in [2.45, 2.75) is 18.2 Å². The quantitative estimate of drug-likeness (QED) is 0.185. The highest BCUT2D eigenvalue weighted by Gasteiger charge is 2.38. The Morgan fingerprint density at radius 2 is 1.27 bits per heavy atom. The fourth-order valence-electron chi connectivity index (χ4n) is 9.41. The van der Waals surface area contributed by atoms with Crippen molar-refractivity contribution >= 4 is 60.4 Å². The van der Waals surface area contributed by atoms with Crippen molar-refractivity contribution in [2.75, 3.05) is 10.2 Å². The Kier molecular flexibility index (Phi) is 6.49. The standard InChI is InChI=1S/C51H35N3O/c1-3-11-33(12-4-1)51-52-50-48(55-51)28-23-32-19-20-36-29-38(24-25-39(36)49(32)50)54-45-18-10-8-16-41(45)43-31-35(22-27-47(43)54)34-21-26-46-42(30-34)40-15-7-9-17-44(40)53(46)37-13-5-2-6-14-37/h1-31,41,45,51-52H. The molecule has 3 aliphatic rings. The van der Waals surface area contributed by atoms with Crippen LogP contribution in [-0.2, 0) is 0 Å². The topological polar surface area (TPSA) is 29.4 Å². The van der Waals surface area contributed by atoms with E-state index < -0.39 is 0 Å². The van der Waals surface area contributed by atoms with Gasteiger partial charge in [-0.25, -0.2) is 0 Å². The second kappa shape index (κ2) is 11.7. The molecule has 1 aromatic heterocycles. The number of hydrogen-bond donors (Lipinski definition) is 1. The third-order valence-electron chi connectivity index (χ3n) is 11.9. The van der Waals surface area contributed by atoms with Crippen LogP contribution in [0.2, 0.25) is 0 Å². The van der Waals surface area contributed by atoms with Gasteiger partial charge >= 0.3 is 0 Å². The van der Waals surface area contributed by atoms with E-state index in [1.165, 1.54) is 77.1 Å². The van der Waals surface area contributed by atoms with Crippen molar-refractivity contribution in [1.29, 1.82) is 0 Å². The highest BCUT2D eigenvalue weighted by Crippen LogP contribution is 2.51. The van der Waals surface area contributed by atoms with E-state index >= 15 is 0 Å². The van der Waals surface area contributed by atoms with E-state index in [1.54, 1.807) is 0 Å². The van der Waals surface area contributed by atoms with Gasteiger partial charge in [0, 0.05) is 44.7 Å². The summed E-state index contributed by atoms with van der Waals surface area (Å²) in [7, 11) is 0. The number of anilines is 3. The predicted octanol–water partition coefficient (Wildman–Crippen LogP) is 13.0. The molecule has 0 amide bonds. The SMILES string of the molecule is C1=CC2c3cc(-c4ccc5c(c4)c4ccccc4n5-c4ccccc4)ccc3N(c3ccc4c(ccc5ccc6c(c54)NC(c4ccccc4)O6)c3)C2C=C1. The summed E-state index contributed by atoms with van der Waals surface area (Å²) in [4.78, 5) is 2.53. The number of fused-ring (bicyclic) bond motifs is 11. The minimum absolute atomic E-state index is 0.199. The molecule has 260 valence electrons. The number of benzene rings is 8. The lowest BCUT2D eigenvalue weighted by molar-refractivity contribution is 0.260. The second-order valence-corrected chi connectivity index (χ2v) is 14.9. The van der Waals surface area contributed by atoms with Gasteiger partial charge in [0.25, 0.3) is 0 Å². The van der Waals surface area contributed by atoms with Gasteiger partial charge in [0.05, 0.1) is 22.8 Å². The van der Waals surface area contributed by atoms with Gasteiger partial charge in [0.1, 0.15) is 5.75 Å². The molecule has 0 bridgehead atoms. The molecular weight excluding hydrogens is 671 g/mol. The van der Waals surface area contributed by atoms with Gasteiger partial charge in [-0.3, -0.25) is 0 Å². The Morgan fingerprint density at radius 1 is 0.527 bits per heavy atom. The normalized spacial score (nSPS) is 18.1. The summed E-state index contributed by atoms with van der Waals surface area (Å²) in [5, 5.41) is 11.1. The lowest BCUT2D eigenvalue weighted by atomic mass is 9.89. The second-order valence-electron chi connectivity index (χ2n) is 14.9. The number of aromatic nitrogens is 1. The van der Waals surface area contributed by atoms with Crippen molar-refractivity contribution in [3.63, 3.8) is 0 Å². The van der Waals surface area contributed by atoms with E-state index in [9.17, 15) is 0 Å². The van der Waals surface area contributed by atoms with E-state index in [-0.39, 0.29) is 18.2 Å². The smallest absolute Gasteiger partial charge is 0.196 e. The molecule has 4 heteroatoms. The molecule has 3 unspecified atom stereocenters. The molecule has 3 heterocycles. The first-order valence-electron chi connectivity index (χ1n) is 19.1. The molecule has 1 aliphatic carbocycles. The number of nitrogens with one attached hydrogen (secondary N) is 1. The van der Waals surface area contributed by atoms with Crippen LogP contribution in [-0.4, -0.2) is 10.6 Å². The summed E-state index contributed by atoms with van der Waals surface area (Å²) in [6.07, 6.45) is 8.93. The molecule has 4 nitrogen and oxygen atoms in total. The summed E-state index contributed by atoms with van der Waals surface area (Å²) in [5.41, 5.74) is 12.1. The number of ether oxygens (including phenoxy) is 1. The third kappa shape index (κ3) is 4.58. The Labute approximate surface area is 318 Å². The molecule has 0 spiro atoms. The molecule has 8 aromatic carbocycles. The first-order chi connectivity index (χ1) is 27.3. The number of allylic oxidation sites excluding steroid dienone is 2. The fourth-order valence-corrected chi connectivity index (χ4v) is 9.41. The van der Waals surface area contributed by atoms with Crippen molar-refractivity contribution in [3.8, 4) is 22.6 Å². The number of hydrogen-bond acceptors (Lipinski definition) is 3. The van der Waals surface area contributed by atoms with E-state index in [1.807, 2.05) is 6.07 Å². The van der Waals surface area contributed by atoms with E-state index in [2.05, 4.69) is 197 Å². The summed E-state index contributed by atoms with van der Waals surface area (Å²) in [6.45, 7) is 0. The lowest BCUT2D eigenvalue weighted by Gasteiger charge is -2.29. The Bertz CT molecular complexity index is 3070. The van der Waals surface area contributed by atoms with Gasteiger partial charge in [-0.15, -0.1) is 0 Å². The zero-order chi connectivity index (χ0) is 36.0. The molecular formula is C51H35N3O. The van der Waals surface area contributed by atoms with Crippen LogP contribution in [0.4, 0.5) is 17.1 Å². The summed E-state index contributed by atoms with van der Waals surface area (Å²) in [6, 6.07) is 59.8. The summed E-state index contributed by atoms with van der Waals surface area (Å²) in [5.74, 6) is 1.15. The van der Waals surface area contributed by atoms with Gasteiger partial charge in [-0.1, -0.05) is 127 Å². The highest BCUT2D eigenvalue weighted by atomic mass is 16.5. The molecule has 0 radical (unpaired) electrons. The van der Waals surface area contributed by atoms with Gasteiger partial charge < -0.3 is 19.5 Å². The maximum absolute atomic E-state index is 6.42. The molecule has 0 saturated carbocycles. The molecule has 0 fully saturated rings.